The summed E-state index contributed by atoms with van der Waals surface area (Å²) in [6.45, 7) is 3.07. The monoisotopic (exact) mass is 228 g/mol. The highest BCUT2D eigenvalue weighted by atomic mass is 32.1. The van der Waals surface area contributed by atoms with E-state index in [9.17, 15) is 0 Å². The Morgan fingerprint density at radius 3 is 3.06 bits per heavy atom. The molecule has 1 aromatic carbocycles. The number of benzene rings is 1. The molecule has 0 unspecified atom stereocenters. The van der Waals surface area contributed by atoms with Gasteiger partial charge in [0.2, 0.25) is 0 Å². The highest BCUT2D eigenvalue weighted by Crippen LogP contribution is 2.21. The number of hydrogen-bond acceptors (Lipinski definition) is 2. The van der Waals surface area contributed by atoms with Gasteiger partial charge in [0.05, 0.1) is 12.1 Å². The van der Waals surface area contributed by atoms with Gasteiger partial charge in [0, 0.05) is 28.2 Å². The highest BCUT2D eigenvalue weighted by molar-refractivity contribution is 7.09. The van der Waals surface area contributed by atoms with E-state index in [1.54, 1.807) is 11.3 Å². The van der Waals surface area contributed by atoms with Crippen molar-refractivity contribution in [1.82, 2.24) is 9.55 Å². The van der Waals surface area contributed by atoms with Gasteiger partial charge in [0.1, 0.15) is 0 Å². The molecule has 3 rings (SSSR count). The third-order valence-corrected chi connectivity index (χ3v) is 3.61. The van der Waals surface area contributed by atoms with E-state index in [4.69, 9.17) is 0 Å². The van der Waals surface area contributed by atoms with Crippen LogP contribution in [0.25, 0.3) is 10.9 Å². The predicted octanol–water partition coefficient (Wildman–Crippen LogP) is 3.45. The molecule has 0 saturated carbocycles. The largest absolute Gasteiger partial charge is 0.342 e. The van der Waals surface area contributed by atoms with Crippen LogP contribution in [0, 0.1) is 6.92 Å². The Kier molecular flexibility index (Phi) is 2.26. The van der Waals surface area contributed by atoms with Crippen LogP contribution < -0.4 is 0 Å². The van der Waals surface area contributed by atoms with Gasteiger partial charge < -0.3 is 4.57 Å². The first-order chi connectivity index (χ1) is 7.84. The highest BCUT2D eigenvalue weighted by Gasteiger charge is 2.03. The fourth-order valence-electron chi connectivity index (χ4n) is 2.00. The van der Waals surface area contributed by atoms with E-state index >= 15 is 0 Å². The number of fused-ring (bicyclic) bond motifs is 1. The molecule has 2 heterocycles. The Morgan fingerprint density at radius 1 is 1.31 bits per heavy atom. The molecule has 0 spiro atoms. The van der Waals surface area contributed by atoms with Gasteiger partial charge in [-0.25, -0.2) is 0 Å². The van der Waals surface area contributed by atoms with Gasteiger partial charge in [0.25, 0.3) is 0 Å². The van der Waals surface area contributed by atoms with E-state index in [0.717, 1.165) is 6.54 Å². The van der Waals surface area contributed by atoms with Crippen LogP contribution in [0.2, 0.25) is 0 Å². The zero-order chi connectivity index (χ0) is 11.0. The summed E-state index contributed by atoms with van der Waals surface area (Å²) >= 11 is 1.70. The van der Waals surface area contributed by atoms with Gasteiger partial charge in [-0.05, 0) is 24.6 Å². The van der Waals surface area contributed by atoms with E-state index in [2.05, 4.69) is 46.9 Å². The van der Waals surface area contributed by atoms with Crippen LogP contribution in [0.1, 0.15) is 10.4 Å². The Morgan fingerprint density at radius 2 is 2.25 bits per heavy atom. The van der Waals surface area contributed by atoms with Gasteiger partial charge in [-0.2, -0.15) is 0 Å². The van der Waals surface area contributed by atoms with Crippen molar-refractivity contribution in [3.05, 3.63) is 52.6 Å². The number of aryl methyl sites for hydroxylation is 1. The Hall–Kier alpha value is -1.61. The van der Waals surface area contributed by atoms with Gasteiger partial charge in [0.15, 0.2) is 0 Å². The molecular formula is C13H12N2S. The van der Waals surface area contributed by atoms with Gasteiger partial charge in [-0.1, -0.05) is 12.1 Å². The van der Waals surface area contributed by atoms with Crippen LogP contribution in [0.3, 0.4) is 0 Å². The average Bonchev–Trinajstić information content (AvgIpc) is 2.90. The molecule has 80 valence electrons. The number of rotatable bonds is 2. The van der Waals surface area contributed by atoms with E-state index in [0.29, 0.717) is 0 Å². The molecule has 0 radical (unpaired) electrons. The molecule has 0 aliphatic rings. The van der Waals surface area contributed by atoms with E-state index < -0.39 is 0 Å². The molecule has 0 aliphatic heterocycles. The predicted molar refractivity (Wildman–Crippen MR) is 67.9 cm³/mol. The lowest BCUT2D eigenvalue weighted by Gasteiger charge is -2.03. The van der Waals surface area contributed by atoms with Crippen molar-refractivity contribution in [2.24, 2.45) is 0 Å². The van der Waals surface area contributed by atoms with Crippen LogP contribution in [0.4, 0.5) is 0 Å². The summed E-state index contributed by atoms with van der Waals surface area (Å²) in [5, 5.41) is 1.34. The normalized spacial score (nSPS) is 11.1. The summed E-state index contributed by atoms with van der Waals surface area (Å²) in [7, 11) is 0. The van der Waals surface area contributed by atoms with Crippen LogP contribution in [0.5, 0.6) is 0 Å². The molecule has 3 heteroatoms. The molecule has 0 bridgehead atoms. The molecule has 0 fully saturated rings. The molecule has 0 aliphatic carbocycles. The maximum atomic E-state index is 4.11. The first-order valence-electron chi connectivity index (χ1n) is 5.26. The molecule has 0 N–H and O–H groups in total. The lowest BCUT2D eigenvalue weighted by molar-refractivity contribution is 0.849. The van der Waals surface area contributed by atoms with Crippen molar-refractivity contribution in [1.29, 1.82) is 0 Å². The van der Waals surface area contributed by atoms with Crippen molar-refractivity contribution in [3.63, 3.8) is 0 Å². The van der Waals surface area contributed by atoms with Crippen molar-refractivity contribution in [2.45, 2.75) is 13.5 Å². The minimum atomic E-state index is 0.914. The van der Waals surface area contributed by atoms with Gasteiger partial charge >= 0.3 is 0 Å². The zero-order valence-corrected chi connectivity index (χ0v) is 9.87. The lowest BCUT2D eigenvalue weighted by atomic mass is 10.1. The summed E-state index contributed by atoms with van der Waals surface area (Å²) in [5.74, 6) is 0. The van der Waals surface area contributed by atoms with E-state index in [-0.39, 0.29) is 0 Å². The lowest BCUT2D eigenvalue weighted by Crippen LogP contribution is -1.95. The first-order valence-corrected chi connectivity index (χ1v) is 6.14. The Labute approximate surface area is 98.2 Å². The summed E-state index contributed by atoms with van der Waals surface area (Å²) in [6.07, 6.45) is 4.09. The standard InChI is InChI=1S/C13H12N2S/c1-10-3-2-4-13-12(10)5-6-15(13)8-11-7-14-9-16-11/h2-7,9H,8H2,1H3. The summed E-state index contributed by atoms with van der Waals surface area (Å²) in [6, 6.07) is 8.62. The molecule has 2 nitrogen and oxygen atoms in total. The molecule has 16 heavy (non-hydrogen) atoms. The van der Waals surface area contributed by atoms with Gasteiger partial charge in [-0.15, -0.1) is 11.3 Å². The third kappa shape index (κ3) is 1.53. The van der Waals surface area contributed by atoms with Crippen molar-refractivity contribution in [3.8, 4) is 0 Å². The maximum Gasteiger partial charge on any atom is 0.0794 e. The number of aromatic nitrogens is 2. The summed E-state index contributed by atoms with van der Waals surface area (Å²) in [4.78, 5) is 5.40. The number of hydrogen-bond donors (Lipinski definition) is 0. The van der Waals surface area contributed by atoms with Crippen LogP contribution >= 0.6 is 11.3 Å². The maximum absolute atomic E-state index is 4.11. The topological polar surface area (TPSA) is 17.8 Å². The van der Waals surface area contributed by atoms with Crippen LogP contribution in [-0.2, 0) is 6.54 Å². The Bertz CT molecular complexity index is 608. The fourth-order valence-corrected chi connectivity index (χ4v) is 2.60. The minimum absolute atomic E-state index is 0.914. The second kappa shape index (κ2) is 3.76. The average molecular weight is 228 g/mol. The van der Waals surface area contributed by atoms with Crippen molar-refractivity contribution in [2.75, 3.05) is 0 Å². The van der Waals surface area contributed by atoms with Crippen molar-refractivity contribution < 1.29 is 0 Å². The third-order valence-electron chi connectivity index (χ3n) is 2.84. The number of nitrogens with zero attached hydrogens (tertiary/aromatic N) is 2. The SMILES string of the molecule is Cc1cccc2c1ccn2Cc1cncs1. The summed E-state index contributed by atoms with van der Waals surface area (Å²) < 4.78 is 2.27. The Balaban J connectivity index is 2.08. The van der Waals surface area contributed by atoms with Crippen LogP contribution in [0.15, 0.2) is 42.2 Å². The molecule has 2 aromatic heterocycles. The summed E-state index contributed by atoms with van der Waals surface area (Å²) in [5.41, 5.74) is 4.51. The minimum Gasteiger partial charge on any atom is -0.342 e. The van der Waals surface area contributed by atoms with Gasteiger partial charge in [-0.3, -0.25) is 4.98 Å². The molecule has 3 aromatic rings. The van der Waals surface area contributed by atoms with E-state index in [1.807, 2.05) is 11.7 Å². The molecule has 0 atom stereocenters. The molecular weight excluding hydrogens is 216 g/mol. The molecule has 0 amide bonds. The first kappa shape index (κ1) is 9.60. The van der Waals surface area contributed by atoms with Crippen molar-refractivity contribution >= 4 is 22.2 Å². The zero-order valence-electron chi connectivity index (χ0n) is 9.05. The van der Waals surface area contributed by atoms with Crippen LogP contribution in [-0.4, -0.2) is 9.55 Å². The molecule has 0 saturated heterocycles. The quantitative estimate of drug-likeness (QED) is 0.657. The second-order valence-electron chi connectivity index (χ2n) is 3.92. The second-order valence-corrected chi connectivity index (χ2v) is 4.89. The van der Waals surface area contributed by atoms with E-state index in [1.165, 1.54) is 21.3 Å². The smallest absolute Gasteiger partial charge is 0.0794 e. The fraction of sp³-hybridized carbons (Fsp3) is 0.154. The number of thiazole rings is 1.